The second-order valence-corrected chi connectivity index (χ2v) is 5.39. The first-order valence-electron chi connectivity index (χ1n) is 7.29. The zero-order valence-corrected chi connectivity index (χ0v) is 13.2. The molecule has 1 aromatic carbocycles. The van der Waals surface area contributed by atoms with Gasteiger partial charge in [-0.25, -0.2) is 4.98 Å². The molecule has 2 aromatic heterocycles. The zero-order chi connectivity index (χ0) is 15.9. The molecule has 0 saturated carbocycles. The van der Waals surface area contributed by atoms with Crippen LogP contribution in [0, 0.1) is 11.8 Å². The molecule has 0 fully saturated rings. The van der Waals surface area contributed by atoms with Gasteiger partial charge in [0, 0.05) is 35.8 Å². The Balaban J connectivity index is 1.62. The Morgan fingerprint density at radius 1 is 0.957 bits per heavy atom. The molecular formula is C19H14ClN3. The number of benzene rings is 1. The summed E-state index contributed by atoms with van der Waals surface area (Å²) in [5.41, 5.74) is 3.85. The Bertz CT molecular complexity index is 816. The lowest BCUT2D eigenvalue weighted by atomic mass is 10.1. The molecule has 3 rings (SSSR count). The van der Waals surface area contributed by atoms with Crippen molar-refractivity contribution in [1.29, 1.82) is 0 Å². The summed E-state index contributed by atoms with van der Waals surface area (Å²) in [6.07, 6.45) is 5.03. The molecule has 0 amide bonds. The van der Waals surface area contributed by atoms with E-state index in [0.717, 1.165) is 40.4 Å². The molecule has 3 nitrogen and oxygen atoms in total. The standard InChI is InChI=1S/C19H14ClN3/c20-17-10-7-15(8-11-17)16-9-12-18(21-14-16)4-1-2-5-19-6-3-13-22-23-19/h3,6-14H,2,5H2. The number of aromatic nitrogens is 3. The molecule has 23 heavy (non-hydrogen) atoms. The van der Waals surface area contributed by atoms with Crippen molar-refractivity contribution in [2.45, 2.75) is 12.8 Å². The topological polar surface area (TPSA) is 38.7 Å². The molecule has 3 aromatic rings. The zero-order valence-electron chi connectivity index (χ0n) is 12.4. The highest BCUT2D eigenvalue weighted by Gasteiger charge is 1.98. The monoisotopic (exact) mass is 319 g/mol. The van der Waals surface area contributed by atoms with E-state index in [-0.39, 0.29) is 0 Å². The predicted octanol–water partition coefficient (Wildman–Crippen LogP) is 4.18. The highest BCUT2D eigenvalue weighted by atomic mass is 35.5. The normalized spacial score (nSPS) is 9.96. The largest absolute Gasteiger partial charge is 0.247 e. The summed E-state index contributed by atoms with van der Waals surface area (Å²) in [6.45, 7) is 0. The number of pyridine rings is 1. The van der Waals surface area contributed by atoms with Crippen molar-refractivity contribution < 1.29 is 0 Å². The van der Waals surface area contributed by atoms with Crippen LogP contribution in [0.3, 0.4) is 0 Å². The number of aryl methyl sites for hydroxylation is 1. The van der Waals surface area contributed by atoms with Gasteiger partial charge in [-0.15, -0.1) is 0 Å². The van der Waals surface area contributed by atoms with Crippen LogP contribution in [0.15, 0.2) is 60.9 Å². The van der Waals surface area contributed by atoms with E-state index in [4.69, 9.17) is 11.6 Å². The van der Waals surface area contributed by atoms with Crippen LogP contribution in [0.4, 0.5) is 0 Å². The number of hydrogen-bond donors (Lipinski definition) is 0. The van der Waals surface area contributed by atoms with Gasteiger partial charge in [0.05, 0.1) is 5.69 Å². The summed E-state index contributed by atoms with van der Waals surface area (Å²) in [6, 6.07) is 15.5. The van der Waals surface area contributed by atoms with Gasteiger partial charge >= 0.3 is 0 Å². The molecule has 0 spiro atoms. The van der Waals surface area contributed by atoms with Crippen LogP contribution in [-0.4, -0.2) is 15.2 Å². The van der Waals surface area contributed by atoms with Crippen molar-refractivity contribution in [3.05, 3.63) is 77.3 Å². The summed E-state index contributed by atoms with van der Waals surface area (Å²) in [5, 5.41) is 8.61. The van der Waals surface area contributed by atoms with E-state index >= 15 is 0 Å². The van der Waals surface area contributed by atoms with Gasteiger partial charge in [0.1, 0.15) is 5.69 Å². The molecule has 0 radical (unpaired) electrons. The molecule has 0 unspecified atom stereocenters. The lowest BCUT2D eigenvalue weighted by molar-refractivity contribution is 0.885. The van der Waals surface area contributed by atoms with E-state index in [9.17, 15) is 0 Å². The maximum Gasteiger partial charge on any atom is 0.113 e. The van der Waals surface area contributed by atoms with Gasteiger partial charge in [-0.3, -0.25) is 0 Å². The van der Waals surface area contributed by atoms with Crippen LogP contribution >= 0.6 is 11.6 Å². The highest BCUT2D eigenvalue weighted by Crippen LogP contribution is 2.20. The van der Waals surface area contributed by atoms with Crippen LogP contribution in [-0.2, 0) is 6.42 Å². The molecule has 0 aliphatic heterocycles. The van der Waals surface area contributed by atoms with E-state index in [2.05, 4.69) is 27.0 Å². The van der Waals surface area contributed by atoms with E-state index in [1.807, 2.05) is 54.7 Å². The third-order valence-corrected chi connectivity index (χ3v) is 3.54. The van der Waals surface area contributed by atoms with E-state index in [0.29, 0.717) is 0 Å². The number of hydrogen-bond acceptors (Lipinski definition) is 3. The van der Waals surface area contributed by atoms with Crippen molar-refractivity contribution in [2.24, 2.45) is 0 Å². The number of nitrogens with zero attached hydrogens (tertiary/aromatic N) is 3. The van der Waals surface area contributed by atoms with Crippen molar-refractivity contribution in [3.63, 3.8) is 0 Å². The Hall–Kier alpha value is -2.70. The molecule has 2 heterocycles. The summed E-state index contributed by atoms with van der Waals surface area (Å²) in [5.74, 6) is 6.19. The van der Waals surface area contributed by atoms with Crippen LogP contribution in [0.1, 0.15) is 17.8 Å². The molecular weight excluding hydrogens is 306 g/mol. The fraction of sp³-hybridized carbons (Fsp3) is 0.105. The van der Waals surface area contributed by atoms with Gasteiger partial charge in [0.2, 0.25) is 0 Å². The van der Waals surface area contributed by atoms with Crippen molar-refractivity contribution in [1.82, 2.24) is 15.2 Å². The third kappa shape index (κ3) is 4.38. The first kappa shape index (κ1) is 15.2. The Morgan fingerprint density at radius 3 is 2.48 bits per heavy atom. The second kappa shape index (κ2) is 7.53. The summed E-state index contributed by atoms with van der Waals surface area (Å²) < 4.78 is 0. The molecule has 0 aliphatic carbocycles. The minimum Gasteiger partial charge on any atom is -0.247 e. The lowest BCUT2D eigenvalue weighted by Gasteiger charge is -2.01. The summed E-state index contributed by atoms with van der Waals surface area (Å²) in [7, 11) is 0. The number of halogens is 1. The van der Waals surface area contributed by atoms with Gasteiger partial charge in [-0.05, 0) is 41.8 Å². The van der Waals surface area contributed by atoms with Gasteiger partial charge in [0.25, 0.3) is 0 Å². The van der Waals surface area contributed by atoms with Gasteiger partial charge < -0.3 is 0 Å². The molecule has 112 valence electrons. The maximum absolute atomic E-state index is 5.90. The Kier molecular flexibility index (Phi) is 4.98. The molecule has 0 saturated heterocycles. The second-order valence-electron chi connectivity index (χ2n) is 4.96. The van der Waals surface area contributed by atoms with Crippen molar-refractivity contribution >= 4 is 11.6 Å². The first-order chi connectivity index (χ1) is 11.3. The van der Waals surface area contributed by atoms with Crippen LogP contribution in [0.5, 0.6) is 0 Å². The SMILES string of the molecule is Clc1ccc(-c2ccc(C#CCCc3cccnn3)nc2)cc1. The Labute approximate surface area is 140 Å². The molecule has 4 heteroatoms. The molecule has 0 bridgehead atoms. The van der Waals surface area contributed by atoms with Crippen LogP contribution < -0.4 is 0 Å². The molecule has 0 aliphatic rings. The summed E-state index contributed by atoms with van der Waals surface area (Å²) in [4.78, 5) is 4.39. The van der Waals surface area contributed by atoms with Gasteiger partial charge in [0.15, 0.2) is 0 Å². The van der Waals surface area contributed by atoms with Crippen LogP contribution in [0.25, 0.3) is 11.1 Å². The quantitative estimate of drug-likeness (QED) is 0.680. The van der Waals surface area contributed by atoms with Gasteiger partial charge in [-0.1, -0.05) is 35.7 Å². The third-order valence-electron chi connectivity index (χ3n) is 3.29. The number of rotatable bonds is 3. The van der Waals surface area contributed by atoms with E-state index in [1.165, 1.54) is 0 Å². The lowest BCUT2D eigenvalue weighted by Crippen LogP contribution is -1.90. The highest BCUT2D eigenvalue weighted by molar-refractivity contribution is 6.30. The minimum atomic E-state index is 0.729. The predicted molar refractivity (Wildman–Crippen MR) is 91.9 cm³/mol. The maximum atomic E-state index is 5.90. The average Bonchev–Trinajstić information content (AvgIpc) is 2.61. The smallest absolute Gasteiger partial charge is 0.113 e. The first-order valence-corrected chi connectivity index (χ1v) is 7.66. The Morgan fingerprint density at radius 2 is 1.78 bits per heavy atom. The summed E-state index contributed by atoms with van der Waals surface area (Å²) >= 11 is 5.90. The fourth-order valence-electron chi connectivity index (χ4n) is 2.09. The molecule has 0 N–H and O–H groups in total. The van der Waals surface area contributed by atoms with Crippen molar-refractivity contribution in [3.8, 4) is 23.0 Å². The minimum absolute atomic E-state index is 0.729. The van der Waals surface area contributed by atoms with Crippen molar-refractivity contribution in [2.75, 3.05) is 0 Å². The van der Waals surface area contributed by atoms with E-state index < -0.39 is 0 Å². The fourth-order valence-corrected chi connectivity index (χ4v) is 2.22. The van der Waals surface area contributed by atoms with Gasteiger partial charge in [-0.2, -0.15) is 10.2 Å². The molecule has 0 atom stereocenters. The van der Waals surface area contributed by atoms with E-state index in [1.54, 1.807) is 6.20 Å². The van der Waals surface area contributed by atoms with Crippen LogP contribution in [0.2, 0.25) is 5.02 Å². The average molecular weight is 320 g/mol.